The molecular formula is C11H21N3O2. The van der Waals surface area contributed by atoms with Gasteiger partial charge in [0.05, 0.1) is 6.04 Å². The van der Waals surface area contributed by atoms with Crippen LogP contribution in [0, 0.1) is 0 Å². The second-order valence-corrected chi connectivity index (χ2v) is 4.24. The van der Waals surface area contributed by atoms with Gasteiger partial charge >= 0.3 is 0 Å². The van der Waals surface area contributed by atoms with Gasteiger partial charge in [-0.3, -0.25) is 9.59 Å². The highest BCUT2D eigenvalue weighted by atomic mass is 16.2. The number of nitrogens with one attached hydrogen (secondary N) is 3. The van der Waals surface area contributed by atoms with E-state index in [0.29, 0.717) is 19.0 Å². The van der Waals surface area contributed by atoms with Crippen LogP contribution in [0.4, 0.5) is 0 Å². The van der Waals surface area contributed by atoms with Gasteiger partial charge in [-0.2, -0.15) is 0 Å². The fraction of sp³-hybridized carbons (Fsp3) is 0.818. The summed E-state index contributed by atoms with van der Waals surface area (Å²) in [4.78, 5) is 22.5. The summed E-state index contributed by atoms with van der Waals surface area (Å²) in [6, 6.07) is 0.230. The first kappa shape index (κ1) is 13.0. The van der Waals surface area contributed by atoms with Crippen LogP contribution in [0.15, 0.2) is 0 Å². The Morgan fingerprint density at radius 3 is 2.62 bits per heavy atom. The molecule has 0 radical (unpaired) electrons. The molecule has 92 valence electrons. The first-order chi connectivity index (χ1) is 7.63. The van der Waals surface area contributed by atoms with E-state index < -0.39 is 0 Å². The van der Waals surface area contributed by atoms with Crippen molar-refractivity contribution in [2.45, 2.75) is 44.7 Å². The molecular weight excluding hydrogens is 206 g/mol. The van der Waals surface area contributed by atoms with Crippen LogP contribution < -0.4 is 16.0 Å². The molecule has 0 bridgehead atoms. The molecule has 1 unspecified atom stereocenters. The Balaban J connectivity index is 2.02. The topological polar surface area (TPSA) is 70.2 Å². The first-order valence-corrected chi connectivity index (χ1v) is 5.88. The lowest BCUT2D eigenvalue weighted by Crippen LogP contribution is -2.43. The SMILES string of the molecule is CNC(=O)CCCNC(C)C(=O)NC1CC1. The molecule has 0 saturated heterocycles. The van der Waals surface area contributed by atoms with Gasteiger partial charge in [0.15, 0.2) is 0 Å². The molecule has 1 saturated carbocycles. The summed E-state index contributed by atoms with van der Waals surface area (Å²) in [5.74, 6) is 0.0966. The van der Waals surface area contributed by atoms with Gasteiger partial charge < -0.3 is 16.0 Å². The van der Waals surface area contributed by atoms with Crippen LogP contribution in [0.1, 0.15) is 32.6 Å². The lowest BCUT2D eigenvalue weighted by Gasteiger charge is -2.13. The average Bonchev–Trinajstić information content (AvgIpc) is 3.07. The molecule has 16 heavy (non-hydrogen) atoms. The second kappa shape index (κ2) is 6.48. The van der Waals surface area contributed by atoms with E-state index in [1.807, 2.05) is 6.92 Å². The van der Waals surface area contributed by atoms with Crippen LogP contribution in [-0.4, -0.2) is 37.5 Å². The zero-order valence-electron chi connectivity index (χ0n) is 10.0. The lowest BCUT2D eigenvalue weighted by atomic mass is 10.2. The maximum Gasteiger partial charge on any atom is 0.237 e. The van der Waals surface area contributed by atoms with Crippen LogP contribution in [-0.2, 0) is 9.59 Å². The van der Waals surface area contributed by atoms with E-state index in [9.17, 15) is 9.59 Å². The van der Waals surface area contributed by atoms with Crippen LogP contribution in [0.5, 0.6) is 0 Å². The molecule has 3 N–H and O–H groups in total. The fourth-order valence-electron chi connectivity index (χ4n) is 1.34. The largest absolute Gasteiger partial charge is 0.359 e. The summed E-state index contributed by atoms with van der Waals surface area (Å²) in [5, 5.41) is 8.60. The highest BCUT2D eigenvalue weighted by molar-refractivity contribution is 5.81. The second-order valence-electron chi connectivity index (χ2n) is 4.24. The molecule has 1 rings (SSSR count). The molecule has 5 nitrogen and oxygen atoms in total. The fourth-order valence-corrected chi connectivity index (χ4v) is 1.34. The predicted molar refractivity (Wildman–Crippen MR) is 61.9 cm³/mol. The van der Waals surface area contributed by atoms with Crippen LogP contribution in [0.25, 0.3) is 0 Å². The summed E-state index contributed by atoms with van der Waals surface area (Å²) in [7, 11) is 1.63. The summed E-state index contributed by atoms with van der Waals surface area (Å²) in [5.41, 5.74) is 0. The van der Waals surface area contributed by atoms with Gasteiger partial charge in [-0.15, -0.1) is 0 Å². The summed E-state index contributed by atoms with van der Waals surface area (Å²) < 4.78 is 0. The van der Waals surface area contributed by atoms with Crippen molar-refractivity contribution in [2.75, 3.05) is 13.6 Å². The molecule has 0 aromatic heterocycles. The van der Waals surface area contributed by atoms with E-state index in [2.05, 4.69) is 16.0 Å². The van der Waals surface area contributed by atoms with Crippen molar-refractivity contribution in [3.63, 3.8) is 0 Å². The number of amides is 2. The third-order valence-corrected chi connectivity index (χ3v) is 2.63. The molecule has 5 heteroatoms. The standard InChI is InChI=1S/C11H21N3O2/c1-8(11(16)14-9-5-6-9)13-7-3-4-10(15)12-2/h8-9,13H,3-7H2,1-2H3,(H,12,15)(H,14,16). The maximum atomic E-state index is 11.5. The number of hydrogen-bond donors (Lipinski definition) is 3. The number of carbonyl (C=O) groups is 2. The molecule has 0 aliphatic heterocycles. The Bertz CT molecular complexity index is 252. The molecule has 0 aromatic carbocycles. The Hall–Kier alpha value is -1.10. The van der Waals surface area contributed by atoms with E-state index in [1.165, 1.54) is 0 Å². The molecule has 0 spiro atoms. The first-order valence-electron chi connectivity index (χ1n) is 5.88. The van der Waals surface area contributed by atoms with Crippen molar-refractivity contribution in [1.82, 2.24) is 16.0 Å². The number of carbonyl (C=O) groups excluding carboxylic acids is 2. The van der Waals surface area contributed by atoms with Crippen LogP contribution in [0.2, 0.25) is 0 Å². The number of rotatable bonds is 7. The summed E-state index contributed by atoms with van der Waals surface area (Å²) >= 11 is 0. The molecule has 0 heterocycles. The van der Waals surface area contributed by atoms with Gasteiger partial charge in [-0.05, 0) is 32.7 Å². The van der Waals surface area contributed by atoms with Gasteiger partial charge in [0.1, 0.15) is 0 Å². The van der Waals surface area contributed by atoms with Gasteiger partial charge in [-0.25, -0.2) is 0 Å². The number of hydrogen-bond acceptors (Lipinski definition) is 3. The lowest BCUT2D eigenvalue weighted by molar-refractivity contribution is -0.122. The third-order valence-electron chi connectivity index (χ3n) is 2.63. The van der Waals surface area contributed by atoms with Gasteiger partial charge in [0, 0.05) is 19.5 Å². The maximum absolute atomic E-state index is 11.5. The monoisotopic (exact) mass is 227 g/mol. The normalized spacial score (nSPS) is 16.6. The van der Waals surface area contributed by atoms with Gasteiger partial charge in [-0.1, -0.05) is 0 Å². The highest BCUT2D eigenvalue weighted by Crippen LogP contribution is 2.18. The minimum absolute atomic E-state index is 0.0388. The Kier molecular flexibility index (Phi) is 5.25. The Morgan fingerprint density at radius 2 is 2.06 bits per heavy atom. The van der Waals surface area contributed by atoms with E-state index in [-0.39, 0.29) is 17.9 Å². The zero-order valence-corrected chi connectivity index (χ0v) is 10.0. The van der Waals surface area contributed by atoms with Crippen LogP contribution >= 0.6 is 0 Å². The van der Waals surface area contributed by atoms with Gasteiger partial charge in [0.25, 0.3) is 0 Å². The molecule has 1 fully saturated rings. The quantitative estimate of drug-likeness (QED) is 0.526. The van der Waals surface area contributed by atoms with E-state index >= 15 is 0 Å². The minimum atomic E-state index is -0.176. The summed E-state index contributed by atoms with van der Waals surface area (Å²) in [6.45, 7) is 2.53. The van der Waals surface area contributed by atoms with Crippen molar-refractivity contribution in [1.29, 1.82) is 0 Å². The van der Waals surface area contributed by atoms with E-state index in [1.54, 1.807) is 7.05 Å². The smallest absolute Gasteiger partial charge is 0.237 e. The third kappa shape index (κ3) is 5.11. The molecule has 1 atom stereocenters. The van der Waals surface area contributed by atoms with Crippen molar-refractivity contribution in [3.05, 3.63) is 0 Å². The average molecular weight is 227 g/mol. The Morgan fingerprint density at radius 1 is 1.38 bits per heavy atom. The molecule has 1 aliphatic carbocycles. The van der Waals surface area contributed by atoms with Crippen molar-refractivity contribution >= 4 is 11.8 Å². The van der Waals surface area contributed by atoms with E-state index in [0.717, 1.165) is 19.3 Å². The Labute approximate surface area is 96.4 Å². The minimum Gasteiger partial charge on any atom is -0.359 e. The highest BCUT2D eigenvalue weighted by Gasteiger charge is 2.25. The van der Waals surface area contributed by atoms with E-state index in [4.69, 9.17) is 0 Å². The molecule has 2 amide bonds. The van der Waals surface area contributed by atoms with Crippen molar-refractivity contribution in [3.8, 4) is 0 Å². The molecule has 1 aliphatic rings. The van der Waals surface area contributed by atoms with Gasteiger partial charge in [0.2, 0.25) is 11.8 Å². The van der Waals surface area contributed by atoms with Crippen molar-refractivity contribution in [2.24, 2.45) is 0 Å². The zero-order chi connectivity index (χ0) is 12.0. The van der Waals surface area contributed by atoms with Crippen molar-refractivity contribution < 1.29 is 9.59 Å². The van der Waals surface area contributed by atoms with Crippen LogP contribution in [0.3, 0.4) is 0 Å². The summed E-state index contributed by atoms with van der Waals surface area (Å²) in [6.07, 6.45) is 3.46. The predicted octanol–water partition coefficient (Wildman–Crippen LogP) is -0.231. The molecule has 0 aromatic rings.